The number of benzene rings is 2. The van der Waals surface area contributed by atoms with Crippen LogP contribution in [0.4, 0.5) is 5.69 Å². The van der Waals surface area contributed by atoms with E-state index in [1.54, 1.807) is 0 Å². The van der Waals surface area contributed by atoms with Crippen LogP contribution < -0.4 is 10.1 Å². The molecule has 3 saturated heterocycles. The molecule has 38 heavy (non-hydrogen) atoms. The zero-order valence-electron chi connectivity index (χ0n) is 22.1. The number of hydrogen-bond donors (Lipinski definition) is 1. The molecule has 1 amide bonds. The molecular weight excluding hydrogens is 476 g/mol. The maximum absolute atomic E-state index is 12.6. The predicted molar refractivity (Wildman–Crippen MR) is 151 cm³/mol. The summed E-state index contributed by atoms with van der Waals surface area (Å²) in [6.45, 7) is 6.53. The van der Waals surface area contributed by atoms with Crippen molar-refractivity contribution in [2.45, 2.75) is 50.7 Å². The standard InChI is InChI=1S/C31H38N4O3/c36-31(28-6-4-22-37-28)35-19-13-26(14-20-35)38-25-10-7-23(8-11-25)27-12-9-24-5-3-15-32-29(24)30(27)33-16-21-34-17-1-2-18-34/h3,5,7-12,15,26,28,33H,1-2,4,6,13-14,16-22H2. The largest absolute Gasteiger partial charge is 0.490 e. The molecule has 0 aliphatic carbocycles. The molecular formula is C31H38N4O3. The lowest BCUT2D eigenvalue weighted by Gasteiger charge is -2.33. The molecule has 200 valence electrons. The van der Waals surface area contributed by atoms with Crippen LogP contribution in [0.5, 0.6) is 5.75 Å². The number of hydrogen-bond acceptors (Lipinski definition) is 6. The van der Waals surface area contributed by atoms with Crippen molar-refractivity contribution >= 4 is 22.5 Å². The SMILES string of the molecule is O=C(C1CCCO1)N1CCC(Oc2ccc(-c3ccc4cccnc4c3NCCN3CCCC3)cc2)CC1. The number of nitrogens with one attached hydrogen (secondary N) is 1. The van der Waals surface area contributed by atoms with Gasteiger partial charge in [0.1, 0.15) is 18.0 Å². The Balaban J connectivity index is 1.11. The fourth-order valence-corrected chi connectivity index (χ4v) is 5.99. The first-order chi connectivity index (χ1) is 18.7. The molecule has 7 heteroatoms. The van der Waals surface area contributed by atoms with E-state index in [2.05, 4.69) is 52.7 Å². The van der Waals surface area contributed by atoms with E-state index >= 15 is 0 Å². The molecule has 6 rings (SSSR count). The van der Waals surface area contributed by atoms with Gasteiger partial charge in [0.05, 0.1) is 11.2 Å². The van der Waals surface area contributed by atoms with Crippen molar-refractivity contribution < 1.29 is 14.3 Å². The quantitative estimate of drug-likeness (QED) is 0.459. The summed E-state index contributed by atoms with van der Waals surface area (Å²) in [6.07, 6.45) is 7.91. The van der Waals surface area contributed by atoms with Gasteiger partial charge in [-0.05, 0) is 62.5 Å². The zero-order valence-corrected chi connectivity index (χ0v) is 22.1. The molecule has 7 nitrogen and oxygen atoms in total. The molecule has 1 unspecified atom stereocenters. The van der Waals surface area contributed by atoms with E-state index in [-0.39, 0.29) is 18.1 Å². The van der Waals surface area contributed by atoms with Crippen LogP contribution in [0.2, 0.25) is 0 Å². The summed E-state index contributed by atoms with van der Waals surface area (Å²) >= 11 is 0. The van der Waals surface area contributed by atoms with Gasteiger partial charge in [-0.1, -0.05) is 30.3 Å². The Hall–Kier alpha value is -3.16. The van der Waals surface area contributed by atoms with Crippen LogP contribution in [-0.4, -0.2) is 78.8 Å². The number of aromatic nitrogens is 1. The fourth-order valence-electron chi connectivity index (χ4n) is 5.99. The summed E-state index contributed by atoms with van der Waals surface area (Å²) in [7, 11) is 0. The van der Waals surface area contributed by atoms with Gasteiger partial charge < -0.3 is 24.6 Å². The van der Waals surface area contributed by atoms with Crippen LogP contribution in [0.3, 0.4) is 0 Å². The van der Waals surface area contributed by atoms with E-state index < -0.39 is 0 Å². The lowest BCUT2D eigenvalue weighted by Crippen LogP contribution is -2.45. The normalized spacial score (nSPS) is 20.7. The second-order valence-corrected chi connectivity index (χ2v) is 10.7. The van der Waals surface area contributed by atoms with E-state index in [0.29, 0.717) is 6.61 Å². The van der Waals surface area contributed by atoms with E-state index in [9.17, 15) is 4.79 Å². The van der Waals surface area contributed by atoms with Gasteiger partial charge in [0.25, 0.3) is 5.91 Å². The molecule has 3 fully saturated rings. The van der Waals surface area contributed by atoms with Crippen LogP contribution in [0, 0.1) is 0 Å². The van der Waals surface area contributed by atoms with Crippen molar-refractivity contribution in [2.24, 2.45) is 0 Å². The average molecular weight is 515 g/mol. The molecule has 1 aromatic heterocycles. The number of likely N-dealkylation sites (tertiary alicyclic amines) is 2. The van der Waals surface area contributed by atoms with Gasteiger partial charge >= 0.3 is 0 Å². The Kier molecular flexibility index (Phi) is 7.74. The number of ether oxygens (including phenoxy) is 2. The monoisotopic (exact) mass is 514 g/mol. The van der Waals surface area contributed by atoms with Gasteiger partial charge in [-0.25, -0.2) is 0 Å². The number of carbonyl (C=O) groups excluding carboxylic acids is 1. The highest BCUT2D eigenvalue weighted by Crippen LogP contribution is 2.35. The van der Waals surface area contributed by atoms with Crippen LogP contribution in [0.15, 0.2) is 54.7 Å². The van der Waals surface area contributed by atoms with Crippen molar-refractivity contribution in [3.63, 3.8) is 0 Å². The Morgan fingerprint density at radius 3 is 2.55 bits per heavy atom. The number of nitrogens with zero attached hydrogens (tertiary/aromatic N) is 3. The summed E-state index contributed by atoms with van der Waals surface area (Å²) in [5.74, 6) is 1.03. The number of fused-ring (bicyclic) bond motifs is 1. The molecule has 0 bridgehead atoms. The minimum absolute atomic E-state index is 0.127. The summed E-state index contributed by atoms with van der Waals surface area (Å²) in [6, 6.07) is 16.9. The number of rotatable bonds is 8. The molecule has 3 aliphatic heterocycles. The lowest BCUT2D eigenvalue weighted by molar-refractivity contribution is -0.142. The van der Waals surface area contributed by atoms with Gasteiger partial charge in [0, 0.05) is 62.8 Å². The summed E-state index contributed by atoms with van der Waals surface area (Å²) in [5, 5.41) is 4.86. The fraction of sp³-hybridized carbons (Fsp3) is 0.484. The second kappa shape index (κ2) is 11.7. The van der Waals surface area contributed by atoms with Crippen LogP contribution in [0.25, 0.3) is 22.0 Å². The Morgan fingerprint density at radius 2 is 1.79 bits per heavy atom. The first kappa shape index (κ1) is 25.1. The smallest absolute Gasteiger partial charge is 0.251 e. The van der Waals surface area contributed by atoms with E-state index in [0.717, 1.165) is 85.3 Å². The summed E-state index contributed by atoms with van der Waals surface area (Å²) < 4.78 is 11.9. The molecule has 2 aromatic carbocycles. The molecule has 0 saturated carbocycles. The molecule has 0 radical (unpaired) electrons. The minimum Gasteiger partial charge on any atom is -0.490 e. The average Bonchev–Trinajstić information content (AvgIpc) is 3.69. The Morgan fingerprint density at radius 1 is 0.974 bits per heavy atom. The van der Waals surface area contributed by atoms with Crippen molar-refractivity contribution in [2.75, 3.05) is 51.2 Å². The minimum atomic E-state index is -0.232. The lowest BCUT2D eigenvalue weighted by atomic mass is 10.0. The van der Waals surface area contributed by atoms with Crippen molar-refractivity contribution in [3.8, 4) is 16.9 Å². The van der Waals surface area contributed by atoms with Crippen LogP contribution >= 0.6 is 0 Å². The van der Waals surface area contributed by atoms with Crippen molar-refractivity contribution in [1.82, 2.24) is 14.8 Å². The molecule has 1 N–H and O–H groups in total. The number of amides is 1. The zero-order chi connectivity index (χ0) is 25.7. The molecule has 0 spiro atoms. The Labute approximate surface area is 225 Å². The third-order valence-corrected chi connectivity index (χ3v) is 8.13. The first-order valence-electron chi connectivity index (χ1n) is 14.3. The third kappa shape index (κ3) is 5.64. The first-order valence-corrected chi connectivity index (χ1v) is 14.3. The van der Waals surface area contributed by atoms with Gasteiger partial charge in [-0.3, -0.25) is 9.78 Å². The predicted octanol–water partition coefficient (Wildman–Crippen LogP) is 4.96. The van der Waals surface area contributed by atoms with E-state index in [1.807, 2.05) is 17.2 Å². The molecule has 4 heterocycles. The third-order valence-electron chi connectivity index (χ3n) is 8.13. The summed E-state index contributed by atoms with van der Waals surface area (Å²) in [4.78, 5) is 21.8. The second-order valence-electron chi connectivity index (χ2n) is 10.7. The van der Waals surface area contributed by atoms with Crippen molar-refractivity contribution in [3.05, 3.63) is 54.7 Å². The maximum atomic E-state index is 12.6. The highest BCUT2D eigenvalue weighted by Gasteiger charge is 2.31. The van der Waals surface area contributed by atoms with Gasteiger partial charge in [-0.15, -0.1) is 0 Å². The van der Waals surface area contributed by atoms with Gasteiger partial charge in [0.15, 0.2) is 0 Å². The topological polar surface area (TPSA) is 66.9 Å². The number of pyridine rings is 1. The highest BCUT2D eigenvalue weighted by atomic mass is 16.5. The maximum Gasteiger partial charge on any atom is 0.251 e. The number of anilines is 1. The van der Waals surface area contributed by atoms with Crippen LogP contribution in [0.1, 0.15) is 38.5 Å². The highest BCUT2D eigenvalue weighted by molar-refractivity contribution is 5.99. The van der Waals surface area contributed by atoms with Gasteiger partial charge in [0.2, 0.25) is 0 Å². The molecule has 3 aliphatic rings. The van der Waals surface area contributed by atoms with Gasteiger partial charge in [-0.2, -0.15) is 0 Å². The van der Waals surface area contributed by atoms with E-state index in [1.165, 1.54) is 25.9 Å². The molecule has 1 atom stereocenters. The van der Waals surface area contributed by atoms with Crippen molar-refractivity contribution in [1.29, 1.82) is 0 Å². The summed E-state index contributed by atoms with van der Waals surface area (Å²) in [5.41, 5.74) is 4.41. The number of piperidine rings is 1. The van der Waals surface area contributed by atoms with E-state index in [4.69, 9.17) is 14.5 Å². The van der Waals surface area contributed by atoms with Crippen LogP contribution in [-0.2, 0) is 9.53 Å². The molecule has 3 aromatic rings. The Bertz CT molecular complexity index is 1230. The number of carbonyl (C=O) groups is 1.